The van der Waals surface area contributed by atoms with Crippen molar-refractivity contribution in [2.24, 2.45) is 5.73 Å². The van der Waals surface area contributed by atoms with Crippen LogP contribution in [0.15, 0.2) is 30.3 Å². The van der Waals surface area contributed by atoms with Crippen molar-refractivity contribution in [1.82, 2.24) is 25.1 Å². The summed E-state index contributed by atoms with van der Waals surface area (Å²) in [5, 5.41) is 9.74. The summed E-state index contributed by atoms with van der Waals surface area (Å²) in [7, 11) is 0. The molecule has 2 aromatic heterocycles. The molecule has 10 nitrogen and oxygen atoms in total. The number of carbonyl (C=O) groups is 3. The summed E-state index contributed by atoms with van der Waals surface area (Å²) >= 11 is 0. The molecule has 0 aliphatic heterocycles. The van der Waals surface area contributed by atoms with Gasteiger partial charge in [-0.2, -0.15) is 5.10 Å². The minimum Gasteiger partial charge on any atom is -0.368 e. The molecule has 0 aliphatic carbocycles. The zero-order valence-corrected chi connectivity index (χ0v) is 18.4. The normalized spacial score (nSPS) is 10.6. The van der Waals surface area contributed by atoms with Crippen molar-refractivity contribution in [3.05, 3.63) is 64.2 Å². The van der Waals surface area contributed by atoms with Crippen molar-refractivity contribution in [2.75, 3.05) is 11.9 Å². The van der Waals surface area contributed by atoms with E-state index in [-0.39, 0.29) is 18.9 Å². The zero-order valence-electron chi connectivity index (χ0n) is 18.4. The van der Waals surface area contributed by atoms with Gasteiger partial charge in [0.05, 0.1) is 18.7 Å². The number of hydrogen-bond acceptors (Lipinski definition) is 6. The van der Waals surface area contributed by atoms with E-state index in [9.17, 15) is 14.4 Å². The van der Waals surface area contributed by atoms with Crippen molar-refractivity contribution < 1.29 is 14.4 Å². The number of nitrogens with two attached hydrogens (primary N) is 1. The highest BCUT2D eigenvalue weighted by molar-refractivity contribution is 5.97. The van der Waals surface area contributed by atoms with E-state index in [2.05, 4.69) is 25.7 Å². The van der Waals surface area contributed by atoms with Gasteiger partial charge in [-0.3, -0.25) is 14.4 Å². The molecular formula is C22H25N7O3. The smallest absolute Gasteiger partial charge is 0.251 e. The van der Waals surface area contributed by atoms with E-state index < -0.39 is 11.8 Å². The molecule has 0 radical (unpaired) electrons. The molecule has 2 heterocycles. The van der Waals surface area contributed by atoms with Crippen molar-refractivity contribution in [3.63, 3.8) is 0 Å². The summed E-state index contributed by atoms with van der Waals surface area (Å²) < 4.78 is 1.65. The Morgan fingerprint density at radius 3 is 2.22 bits per heavy atom. The molecule has 0 aliphatic rings. The average Bonchev–Trinajstić information content (AvgIpc) is 3.00. The van der Waals surface area contributed by atoms with Gasteiger partial charge in [0.25, 0.3) is 11.9 Å². The first-order chi connectivity index (χ1) is 15.1. The van der Waals surface area contributed by atoms with Crippen LogP contribution in [-0.2, 0) is 16.0 Å². The molecule has 32 heavy (non-hydrogen) atoms. The highest BCUT2D eigenvalue weighted by atomic mass is 16.2. The average molecular weight is 435 g/mol. The van der Waals surface area contributed by atoms with Crippen molar-refractivity contribution in [1.29, 1.82) is 0 Å². The van der Waals surface area contributed by atoms with Crippen LogP contribution in [0.5, 0.6) is 0 Å². The lowest BCUT2D eigenvalue weighted by atomic mass is 10.1. The maximum Gasteiger partial charge on any atom is 0.251 e. The maximum atomic E-state index is 12.6. The highest BCUT2D eigenvalue weighted by Crippen LogP contribution is 2.18. The number of aromatic nitrogens is 4. The third-order valence-corrected chi connectivity index (χ3v) is 4.79. The van der Waals surface area contributed by atoms with Crippen molar-refractivity contribution in [3.8, 4) is 5.95 Å². The number of rotatable bonds is 7. The van der Waals surface area contributed by atoms with Gasteiger partial charge >= 0.3 is 0 Å². The second-order valence-electron chi connectivity index (χ2n) is 7.46. The van der Waals surface area contributed by atoms with Gasteiger partial charge in [-0.05, 0) is 58.0 Å². The largest absolute Gasteiger partial charge is 0.368 e. The summed E-state index contributed by atoms with van der Waals surface area (Å²) in [5.74, 6) is -0.794. The molecule has 0 saturated heterocycles. The van der Waals surface area contributed by atoms with Gasteiger partial charge in [0.15, 0.2) is 0 Å². The minimum absolute atomic E-state index is 0.128. The molecule has 4 N–H and O–H groups in total. The number of carbonyl (C=O) groups excluding carboxylic acids is 3. The molecule has 0 fully saturated rings. The molecule has 3 amide bonds. The van der Waals surface area contributed by atoms with Crippen LogP contribution in [0.1, 0.15) is 38.7 Å². The van der Waals surface area contributed by atoms with Gasteiger partial charge in [0.2, 0.25) is 11.8 Å². The van der Waals surface area contributed by atoms with Crippen LogP contribution in [0.3, 0.4) is 0 Å². The molecule has 10 heteroatoms. The lowest BCUT2D eigenvalue weighted by Crippen LogP contribution is -2.33. The van der Waals surface area contributed by atoms with Crippen LogP contribution in [0.2, 0.25) is 0 Å². The molecule has 0 unspecified atom stereocenters. The molecular weight excluding hydrogens is 410 g/mol. The van der Waals surface area contributed by atoms with Gasteiger partial charge in [0, 0.05) is 33.9 Å². The Balaban J connectivity index is 1.69. The van der Waals surface area contributed by atoms with E-state index in [1.807, 2.05) is 33.8 Å². The van der Waals surface area contributed by atoms with E-state index in [1.165, 1.54) is 0 Å². The van der Waals surface area contributed by atoms with Crippen molar-refractivity contribution >= 4 is 23.4 Å². The highest BCUT2D eigenvalue weighted by Gasteiger charge is 2.18. The lowest BCUT2D eigenvalue weighted by molar-refractivity contribution is -0.117. The number of hydrogen-bond donors (Lipinski definition) is 3. The predicted molar refractivity (Wildman–Crippen MR) is 118 cm³/mol. The van der Waals surface area contributed by atoms with Gasteiger partial charge < -0.3 is 16.4 Å². The van der Waals surface area contributed by atoms with Crippen LogP contribution in [0.4, 0.5) is 5.69 Å². The molecule has 0 saturated carbocycles. The first-order valence-electron chi connectivity index (χ1n) is 9.98. The van der Waals surface area contributed by atoms with E-state index in [0.29, 0.717) is 17.2 Å². The summed E-state index contributed by atoms with van der Waals surface area (Å²) in [6.07, 6.45) is 0.128. The zero-order chi connectivity index (χ0) is 23.4. The Bertz CT molecular complexity index is 1160. The molecule has 3 rings (SSSR count). The number of benzene rings is 1. The fraction of sp³-hybridized carbons (Fsp3) is 0.273. The molecule has 0 bridgehead atoms. The monoisotopic (exact) mass is 435 g/mol. The maximum absolute atomic E-state index is 12.6. The molecule has 3 aromatic rings. The quantitative estimate of drug-likeness (QED) is 0.510. The molecule has 166 valence electrons. The first-order valence-corrected chi connectivity index (χ1v) is 9.98. The summed E-state index contributed by atoms with van der Waals surface area (Å²) in [6, 6.07) is 8.22. The van der Waals surface area contributed by atoms with Crippen LogP contribution in [0, 0.1) is 27.7 Å². The fourth-order valence-corrected chi connectivity index (χ4v) is 3.27. The number of aryl methyl sites for hydroxylation is 3. The number of anilines is 1. The summed E-state index contributed by atoms with van der Waals surface area (Å²) in [5.41, 5.74) is 9.91. The van der Waals surface area contributed by atoms with Crippen LogP contribution < -0.4 is 16.4 Å². The first kappa shape index (κ1) is 22.6. The third kappa shape index (κ3) is 5.34. The fourth-order valence-electron chi connectivity index (χ4n) is 3.27. The lowest BCUT2D eigenvalue weighted by Gasteiger charge is -2.08. The van der Waals surface area contributed by atoms with Crippen LogP contribution >= 0.6 is 0 Å². The van der Waals surface area contributed by atoms with E-state index in [4.69, 9.17) is 5.73 Å². The SMILES string of the molecule is Cc1cc(C)nc(-n2nc(C)c(CC(=O)Nc3ccc(C(=O)NCC(N)=O)cc3)c2C)n1. The number of nitrogens with zero attached hydrogens (tertiary/aromatic N) is 4. The van der Waals surface area contributed by atoms with E-state index in [1.54, 1.807) is 28.9 Å². The molecule has 1 aromatic carbocycles. The Kier molecular flexibility index (Phi) is 6.62. The predicted octanol–water partition coefficient (Wildman–Crippen LogP) is 1.29. The van der Waals surface area contributed by atoms with E-state index >= 15 is 0 Å². The second kappa shape index (κ2) is 9.38. The third-order valence-electron chi connectivity index (χ3n) is 4.79. The van der Waals surface area contributed by atoms with Crippen LogP contribution in [0.25, 0.3) is 5.95 Å². The Morgan fingerprint density at radius 1 is 1.00 bits per heavy atom. The molecule has 0 spiro atoms. The molecule has 0 atom stereocenters. The minimum atomic E-state index is -0.625. The van der Waals surface area contributed by atoms with Gasteiger partial charge in [0.1, 0.15) is 0 Å². The topological polar surface area (TPSA) is 145 Å². The van der Waals surface area contributed by atoms with E-state index in [0.717, 1.165) is 28.3 Å². The van der Waals surface area contributed by atoms with Gasteiger partial charge in [-0.1, -0.05) is 0 Å². The van der Waals surface area contributed by atoms with Gasteiger partial charge in [-0.15, -0.1) is 0 Å². The number of nitrogens with one attached hydrogen (secondary N) is 2. The summed E-state index contributed by atoms with van der Waals surface area (Å²) in [6.45, 7) is 7.27. The standard InChI is InChI=1S/C22H25N7O3/c1-12-9-13(2)26-22(25-12)29-15(4)18(14(3)28-29)10-20(31)27-17-7-5-16(6-8-17)21(32)24-11-19(23)30/h5-9H,10-11H2,1-4H3,(H2,23,30)(H,24,32)(H,27,31). The number of primary amides is 1. The second-order valence-corrected chi connectivity index (χ2v) is 7.46. The van der Waals surface area contributed by atoms with Crippen LogP contribution in [-0.4, -0.2) is 44.0 Å². The van der Waals surface area contributed by atoms with Crippen molar-refractivity contribution in [2.45, 2.75) is 34.1 Å². The Labute approximate surface area is 185 Å². The number of amides is 3. The van der Waals surface area contributed by atoms with Gasteiger partial charge in [-0.25, -0.2) is 14.6 Å². The summed E-state index contributed by atoms with van der Waals surface area (Å²) in [4.78, 5) is 44.2. The Morgan fingerprint density at radius 2 is 1.62 bits per heavy atom. The Hall–Kier alpha value is -4.08.